The summed E-state index contributed by atoms with van der Waals surface area (Å²) in [4.78, 5) is 26.1. The van der Waals surface area contributed by atoms with Crippen LogP contribution in [0.15, 0.2) is 0 Å². The Labute approximate surface area is 127 Å². The average molecular weight is 296 g/mol. The number of ether oxygens (including phenoxy) is 1. The van der Waals surface area contributed by atoms with Gasteiger partial charge >= 0.3 is 5.97 Å². The highest BCUT2D eigenvalue weighted by molar-refractivity contribution is 5.79. The monoisotopic (exact) mass is 296 g/mol. The second-order valence-electron chi connectivity index (χ2n) is 6.26. The molecule has 2 atom stereocenters. The topological polar surface area (TPSA) is 58.6 Å². The van der Waals surface area contributed by atoms with E-state index in [-0.39, 0.29) is 24.0 Å². The average Bonchev–Trinajstić information content (AvgIpc) is 3.00. The molecule has 1 N–H and O–H groups in total. The molecule has 1 aliphatic carbocycles. The molecule has 1 saturated heterocycles. The van der Waals surface area contributed by atoms with Crippen molar-refractivity contribution in [2.75, 3.05) is 20.2 Å². The van der Waals surface area contributed by atoms with Crippen molar-refractivity contribution in [1.29, 1.82) is 0 Å². The standard InChI is InChI=1S/C16H28N2O3/c1-3-14(16(20)21-2)17-13-9-10-18(11-13)15(19)12-7-5-4-6-8-12/h12-14,17H,3-11H2,1-2H3/t13-,14+/m0/s1. The van der Waals surface area contributed by atoms with Gasteiger partial charge in [0.05, 0.1) is 7.11 Å². The van der Waals surface area contributed by atoms with E-state index in [9.17, 15) is 9.59 Å². The number of amides is 1. The summed E-state index contributed by atoms with van der Waals surface area (Å²) < 4.78 is 4.80. The molecule has 21 heavy (non-hydrogen) atoms. The molecule has 2 fully saturated rings. The first-order valence-electron chi connectivity index (χ1n) is 8.28. The molecule has 1 amide bonds. The maximum Gasteiger partial charge on any atom is 0.322 e. The maximum atomic E-state index is 12.5. The molecule has 0 bridgehead atoms. The molecule has 1 aliphatic heterocycles. The van der Waals surface area contributed by atoms with Gasteiger partial charge in [-0.05, 0) is 25.7 Å². The third-order valence-electron chi connectivity index (χ3n) is 4.79. The number of carbonyl (C=O) groups is 2. The van der Waals surface area contributed by atoms with E-state index in [1.54, 1.807) is 0 Å². The maximum absolute atomic E-state index is 12.5. The highest BCUT2D eigenvalue weighted by atomic mass is 16.5. The highest BCUT2D eigenvalue weighted by Gasteiger charge is 2.33. The number of esters is 1. The molecule has 1 saturated carbocycles. The number of likely N-dealkylation sites (tertiary alicyclic amines) is 1. The van der Waals surface area contributed by atoms with Crippen molar-refractivity contribution >= 4 is 11.9 Å². The van der Waals surface area contributed by atoms with Crippen molar-refractivity contribution in [2.45, 2.75) is 64.0 Å². The molecule has 0 aromatic heterocycles. The van der Waals surface area contributed by atoms with Crippen LogP contribution in [-0.2, 0) is 14.3 Å². The molecule has 2 rings (SSSR count). The number of hydrogen-bond donors (Lipinski definition) is 1. The fourth-order valence-corrected chi connectivity index (χ4v) is 3.48. The van der Waals surface area contributed by atoms with Crippen LogP contribution >= 0.6 is 0 Å². The normalized spacial score (nSPS) is 24.9. The lowest BCUT2D eigenvalue weighted by atomic mass is 9.88. The van der Waals surface area contributed by atoms with Gasteiger partial charge in [0.15, 0.2) is 0 Å². The van der Waals surface area contributed by atoms with Crippen LogP contribution in [0.3, 0.4) is 0 Å². The van der Waals surface area contributed by atoms with Crippen molar-refractivity contribution in [3.63, 3.8) is 0 Å². The summed E-state index contributed by atoms with van der Waals surface area (Å²) in [6.07, 6.45) is 7.37. The van der Waals surface area contributed by atoms with Gasteiger partial charge in [0.2, 0.25) is 5.91 Å². The molecule has 2 aliphatic rings. The lowest BCUT2D eigenvalue weighted by molar-refractivity contribution is -0.143. The minimum absolute atomic E-state index is 0.210. The lowest BCUT2D eigenvalue weighted by Gasteiger charge is -2.26. The number of hydrogen-bond acceptors (Lipinski definition) is 4. The quantitative estimate of drug-likeness (QED) is 0.785. The van der Waals surface area contributed by atoms with Crippen LogP contribution in [-0.4, -0.2) is 49.1 Å². The summed E-state index contributed by atoms with van der Waals surface area (Å²) in [5, 5.41) is 3.34. The smallest absolute Gasteiger partial charge is 0.322 e. The summed E-state index contributed by atoms with van der Waals surface area (Å²) in [6, 6.07) is -0.0497. The lowest BCUT2D eigenvalue weighted by Crippen LogP contribution is -2.45. The van der Waals surface area contributed by atoms with E-state index in [0.717, 1.165) is 32.4 Å². The largest absolute Gasteiger partial charge is 0.468 e. The zero-order chi connectivity index (χ0) is 15.2. The molecule has 0 unspecified atom stereocenters. The van der Waals surface area contributed by atoms with E-state index < -0.39 is 0 Å². The Kier molecular flexibility index (Phi) is 6.03. The molecule has 1 heterocycles. The van der Waals surface area contributed by atoms with Gasteiger partial charge in [-0.25, -0.2) is 0 Å². The van der Waals surface area contributed by atoms with Crippen molar-refractivity contribution in [2.24, 2.45) is 5.92 Å². The third kappa shape index (κ3) is 4.19. The molecular formula is C16H28N2O3. The second kappa shape index (κ2) is 7.78. The van der Waals surface area contributed by atoms with Gasteiger partial charge in [0.25, 0.3) is 0 Å². The number of rotatable bonds is 5. The van der Waals surface area contributed by atoms with Gasteiger partial charge in [-0.3, -0.25) is 14.9 Å². The first-order chi connectivity index (χ1) is 10.2. The zero-order valence-electron chi connectivity index (χ0n) is 13.3. The Morgan fingerprint density at radius 2 is 1.95 bits per heavy atom. The van der Waals surface area contributed by atoms with E-state index >= 15 is 0 Å². The van der Waals surface area contributed by atoms with Crippen molar-refractivity contribution in [3.05, 3.63) is 0 Å². The van der Waals surface area contributed by atoms with E-state index in [0.29, 0.717) is 12.3 Å². The summed E-state index contributed by atoms with van der Waals surface area (Å²) in [5.41, 5.74) is 0. The van der Waals surface area contributed by atoms with Crippen LogP contribution in [0.25, 0.3) is 0 Å². The molecule has 0 spiro atoms. The second-order valence-corrected chi connectivity index (χ2v) is 6.26. The Morgan fingerprint density at radius 3 is 2.57 bits per heavy atom. The Balaban J connectivity index is 1.82. The van der Waals surface area contributed by atoms with Crippen LogP contribution in [0.4, 0.5) is 0 Å². The van der Waals surface area contributed by atoms with Gasteiger partial charge in [-0.1, -0.05) is 26.2 Å². The number of carbonyl (C=O) groups excluding carboxylic acids is 2. The molecular weight excluding hydrogens is 268 g/mol. The molecule has 5 nitrogen and oxygen atoms in total. The predicted octanol–water partition coefficient (Wildman–Crippen LogP) is 1.71. The number of methoxy groups -OCH3 is 1. The Hall–Kier alpha value is -1.10. The fraction of sp³-hybridized carbons (Fsp3) is 0.875. The van der Waals surface area contributed by atoms with Gasteiger partial charge in [-0.2, -0.15) is 0 Å². The molecule has 0 radical (unpaired) electrons. The van der Waals surface area contributed by atoms with Gasteiger partial charge in [0.1, 0.15) is 6.04 Å². The van der Waals surface area contributed by atoms with Crippen LogP contribution in [0, 0.1) is 5.92 Å². The van der Waals surface area contributed by atoms with Gasteiger partial charge in [0, 0.05) is 25.0 Å². The first kappa shape index (κ1) is 16.3. The highest BCUT2D eigenvalue weighted by Crippen LogP contribution is 2.26. The molecule has 0 aromatic carbocycles. The minimum atomic E-state index is -0.260. The van der Waals surface area contributed by atoms with Gasteiger partial charge < -0.3 is 9.64 Å². The van der Waals surface area contributed by atoms with E-state index in [1.165, 1.54) is 26.4 Å². The van der Waals surface area contributed by atoms with Crippen LogP contribution in [0.5, 0.6) is 0 Å². The zero-order valence-corrected chi connectivity index (χ0v) is 13.3. The Bertz CT molecular complexity index is 367. The van der Waals surface area contributed by atoms with E-state index in [2.05, 4.69) is 5.32 Å². The van der Waals surface area contributed by atoms with Crippen LogP contribution in [0.1, 0.15) is 51.9 Å². The van der Waals surface area contributed by atoms with Crippen molar-refractivity contribution in [3.8, 4) is 0 Å². The fourth-order valence-electron chi connectivity index (χ4n) is 3.48. The summed E-state index contributed by atoms with van der Waals surface area (Å²) >= 11 is 0. The predicted molar refractivity (Wildman–Crippen MR) is 80.8 cm³/mol. The van der Waals surface area contributed by atoms with Crippen molar-refractivity contribution < 1.29 is 14.3 Å². The number of nitrogens with one attached hydrogen (secondary N) is 1. The van der Waals surface area contributed by atoms with Gasteiger partial charge in [-0.15, -0.1) is 0 Å². The summed E-state index contributed by atoms with van der Waals surface area (Å²) in [7, 11) is 1.42. The SMILES string of the molecule is CC[C@@H](N[C@H]1CCN(C(=O)C2CCCCC2)C1)C(=O)OC. The van der Waals surface area contributed by atoms with E-state index in [1.807, 2.05) is 11.8 Å². The molecule has 120 valence electrons. The van der Waals surface area contributed by atoms with Crippen molar-refractivity contribution in [1.82, 2.24) is 10.2 Å². The van der Waals surface area contributed by atoms with Crippen LogP contribution in [0.2, 0.25) is 0 Å². The minimum Gasteiger partial charge on any atom is -0.468 e. The third-order valence-corrected chi connectivity index (χ3v) is 4.79. The number of nitrogens with zero attached hydrogens (tertiary/aromatic N) is 1. The molecule has 5 heteroatoms. The first-order valence-corrected chi connectivity index (χ1v) is 8.28. The Morgan fingerprint density at radius 1 is 1.24 bits per heavy atom. The summed E-state index contributed by atoms with van der Waals surface area (Å²) in [5.74, 6) is 0.347. The van der Waals surface area contributed by atoms with E-state index in [4.69, 9.17) is 4.74 Å². The molecule has 0 aromatic rings. The van der Waals surface area contributed by atoms with Crippen LogP contribution < -0.4 is 5.32 Å². The summed E-state index contributed by atoms with van der Waals surface area (Å²) in [6.45, 7) is 3.50.